The first-order valence-electron chi connectivity index (χ1n) is 5.32. The van der Waals surface area contributed by atoms with Gasteiger partial charge in [-0.1, -0.05) is 41.1 Å². The number of amides is 1. The molecule has 4 heteroatoms. The van der Waals surface area contributed by atoms with E-state index in [2.05, 4.69) is 21.2 Å². The van der Waals surface area contributed by atoms with Crippen LogP contribution in [-0.4, -0.2) is 23.9 Å². The number of carbonyl (C=O) groups excluding carboxylic acids is 1. The molecule has 16 heavy (non-hydrogen) atoms. The molecule has 0 radical (unpaired) electrons. The second kappa shape index (κ2) is 4.87. The minimum Gasteiger partial charge on any atom is -0.492 e. The highest BCUT2D eigenvalue weighted by molar-refractivity contribution is 9.09. The van der Waals surface area contributed by atoms with E-state index in [1.165, 1.54) is 0 Å². The maximum atomic E-state index is 11.9. The fraction of sp³-hybridized carbons (Fsp3) is 0.417. The zero-order valence-electron chi connectivity index (χ0n) is 9.07. The summed E-state index contributed by atoms with van der Waals surface area (Å²) in [6.45, 7) is 3.08. The van der Waals surface area contributed by atoms with E-state index in [1.807, 2.05) is 31.2 Å². The fourth-order valence-electron chi connectivity index (χ4n) is 1.74. The first-order chi connectivity index (χ1) is 7.68. The molecule has 3 nitrogen and oxygen atoms in total. The van der Waals surface area contributed by atoms with Gasteiger partial charge in [0.25, 0.3) is 0 Å². The molecule has 0 saturated carbocycles. The number of hydrogen-bond acceptors (Lipinski definition) is 2. The summed E-state index contributed by atoms with van der Waals surface area (Å²) in [5, 5.41) is 2.90. The summed E-state index contributed by atoms with van der Waals surface area (Å²) in [7, 11) is 0. The number of para-hydroxylation sites is 1. The van der Waals surface area contributed by atoms with Crippen molar-refractivity contribution in [3.05, 3.63) is 29.8 Å². The lowest BCUT2D eigenvalue weighted by molar-refractivity contribution is -0.122. The van der Waals surface area contributed by atoms with Crippen molar-refractivity contribution in [2.75, 3.05) is 13.2 Å². The molecule has 0 spiro atoms. The van der Waals surface area contributed by atoms with E-state index in [0.717, 1.165) is 11.3 Å². The summed E-state index contributed by atoms with van der Waals surface area (Å²) in [6.07, 6.45) is 0. The standard InChI is InChI=1S/C12H14BrNO2/c1-8(13)6-14-12(15)10-7-16-11-5-3-2-4-9(10)11/h2-5,8,10H,6-7H2,1H3,(H,14,15). The van der Waals surface area contributed by atoms with Crippen LogP contribution >= 0.6 is 15.9 Å². The highest BCUT2D eigenvalue weighted by Gasteiger charge is 2.29. The number of carbonyl (C=O) groups is 1. The van der Waals surface area contributed by atoms with Crippen molar-refractivity contribution in [1.29, 1.82) is 0 Å². The number of nitrogens with one attached hydrogen (secondary N) is 1. The molecular formula is C12H14BrNO2. The molecule has 2 atom stereocenters. The largest absolute Gasteiger partial charge is 0.492 e. The van der Waals surface area contributed by atoms with Crippen molar-refractivity contribution in [1.82, 2.24) is 5.32 Å². The lowest BCUT2D eigenvalue weighted by Gasteiger charge is -2.11. The van der Waals surface area contributed by atoms with Gasteiger partial charge in [-0.2, -0.15) is 0 Å². The van der Waals surface area contributed by atoms with Crippen LogP contribution in [0, 0.1) is 0 Å². The van der Waals surface area contributed by atoms with Gasteiger partial charge in [-0.15, -0.1) is 0 Å². The zero-order valence-corrected chi connectivity index (χ0v) is 10.7. The van der Waals surface area contributed by atoms with Gasteiger partial charge in [0.2, 0.25) is 5.91 Å². The van der Waals surface area contributed by atoms with Gasteiger partial charge < -0.3 is 10.1 Å². The number of rotatable bonds is 3. The maximum Gasteiger partial charge on any atom is 0.231 e. The Morgan fingerprint density at radius 1 is 1.62 bits per heavy atom. The van der Waals surface area contributed by atoms with Crippen LogP contribution in [0.5, 0.6) is 5.75 Å². The van der Waals surface area contributed by atoms with E-state index < -0.39 is 0 Å². The van der Waals surface area contributed by atoms with Crippen molar-refractivity contribution in [2.45, 2.75) is 17.7 Å². The van der Waals surface area contributed by atoms with Crippen LogP contribution in [0.4, 0.5) is 0 Å². The Balaban J connectivity index is 2.04. The van der Waals surface area contributed by atoms with E-state index in [-0.39, 0.29) is 16.7 Å². The summed E-state index contributed by atoms with van der Waals surface area (Å²) < 4.78 is 5.47. The van der Waals surface area contributed by atoms with Crippen molar-refractivity contribution < 1.29 is 9.53 Å². The number of fused-ring (bicyclic) bond motifs is 1. The topological polar surface area (TPSA) is 38.3 Å². The molecule has 0 fully saturated rings. The molecule has 0 saturated heterocycles. The third-order valence-electron chi connectivity index (χ3n) is 2.57. The molecule has 1 aliphatic heterocycles. The molecule has 2 rings (SSSR count). The Bertz CT molecular complexity index is 392. The zero-order chi connectivity index (χ0) is 11.5. The Kier molecular flexibility index (Phi) is 3.49. The van der Waals surface area contributed by atoms with Crippen LogP contribution in [0.1, 0.15) is 18.4 Å². The molecule has 0 aliphatic carbocycles. The quantitative estimate of drug-likeness (QED) is 0.863. The van der Waals surface area contributed by atoms with E-state index in [1.54, 1.807) is 0 Å². The summed E-state index contributed by atoms with van der Waals surface area (Å²) in [4.78, 5) is 12.2. The molecule has 0 aromatic heterocycles. The van der Waals surface area contributed by atoms with Crippen molar-refractivity contribution >= 4 is 21.8 Å². The first-order valence-corrected chi connectivity index (χ1v) is 6.23. The molecule has 1 N–H and O–H groups in total. The number of hydrogen-bond donors (Lipinski definition) is 1. The molecule has 1 aliphatic rings. The van der Waals surface area contributed by atoms with E-state index in [0.29, 0.717) is 13.2 Å². The van der Waals surface area contributed by atoms with Gasteiger partial charge in [-0.05, 0) is 6.07 Å². The monoisotopic (exact) mass is 283 g/mol. The van der Waals surface area contributed by atoms with Gasteiger partial charge >= 0.3 is 0 Å². The molecule has 1 amide bonds. The third kappa shape index (κ3) is 2.38. The Labute approximate surface area is 103 Å². The van der Waals surface area contributed by atoms with Crippen LogP contribution in [0.3, 0.4) is 0 Å². The fourth-order valence-corrected chi connectivity index (χ4v) is 1.91. The van der Waals surface area contributed by atoms with E-state index in [9.17, 15) is 4.79 Å². The number of ether oxygens (including phenoxy) is 1. The Morgan fingerprint density at radius 2 is 2.38 bits per heavy atom. The van der Waals surface area contributed by atoms with Crippen LogP contribution < -0.4 is 10.1 Å². The van der Waals surface area contributed by atoms with Crippen LogP contribution in [-0.2, 0) is 4.79 Å². The predicted octanol–water partition coefficient (Wildman–Crippen LogP) is 2.06. The van der Waals surface area contributed by atoms with Crippen LogP contribution in [0.2, 0.25) is 0 Å². The average Bonchev–Trinajstić information content (AvgIpc) is 2.69. The van der Waals surface area contributed by atoms with Crippen molar-refractivity contribution in [3.63, 3.8) is 0 Å². The van der Waals surface area contributed by atoms with Crippen LogP contribution in [0.25, 0.3) is 0 Å². The summed E-state index contributed by atoms with van der Waals surface area (Å²) >= 11 is 3.40. The number of alkyl halides is 1. The second-order valence-electron chi connectivity index (χ2n) is 3.93. The molecule has 0 bridgehead atoms. The Morgan fingerprint density at radius 3 is 3.12 bits per heavy atom. The summed E-state index contributed by atoms with van der Waals surface area (Å²) in [5.41, 5.74) is 0.988. The Hall–Kier alpha value is -1.03. The molecular weight excluding hydrogens is 270 g/mol. The molecule has 1 heterocycles. The molecule has 1 aromatic rings. The van der Waals surface area contributed by atoms with Crippen molar-refractivity contribution in [3.8, 4) is 5.75 Å². The number of halogens is 1. The maximum absolute atomic E-state index is 11.9. The lowest BCUT2D eigenvalue weighted by Crippen LogP contribution is -2.33. The minimum atomic E-state index is -0.164. The molecule has 86 valence electrons. The van der Waals surface area contributed by atoms with E-state index in [4.69, 9.17) is 4.74 Å². The second-order valence-corrected chi connectivity index (χ2v) is 5.49. The highest BCUT2D eigenvalue weighted by Crippen LogP contribution is 2.33. The van der Waals surface area contributed by atoms with E-state index >= 15 is 0 Å². The summed E-state index contributed by atoms with van der Waals surface area (Å²) in [6, 6.07) is 7.69. The van der Waals surface area contributed by atoms with Gasteiger partial charge in [0, 0.05) is 16.9 Å². The highest BCUT2D eigenvalue weighted by atomic mass is 79.9. The lowest BCUT2D eigenvalue weighted by atomic mass is 10.0. The number of benzene rings is 1. The van der Waals surface area contributed by atoms with Gasteiger partial charge in [-0.3, -0.25) is 4.79 Å². The van der Waals surface area contributed by atoms with Crippen LogP contribution in [0.15, 0.2) is 24.3 Å². The van der Waals surface area contributed by atoms with Gasteiger partial charge in [0.15, 0.2) is 0 Å². The molecule has 1 aromatic carbocycles. The average molecular weight is 284 g/mol. The minimum absolute atomic E-state index is 0.0382. The van der Waals surface area contributed by atoms with Gasteiger partial charge in [0.1, 0.15) is 18.3 Å². The van der Waals surface area contributed by atoms with Gasteiger partial charge in [0.05, 0.1) is 0 Å². The summed E-state index contributed by atoms with van der Waals surface area (Å²) in [5.74, 6) is 0.702. The SMILES string of the molecule is CC(Br)CNC(=O)C1COc2ccccc21. The predicted molar refractivity (Wildman–Crippen MR) is 66.1 cm³/mol. The smallest absolute Gasteiger partial charge is 0.231 e. The van der Waals surface area contributed by atoms with Gasteiger partial charge in [-0.25, -0.2) is 0 Å². The third-order valence-corrected chi connectivity index (χ3v) is 2.90. The molecule has 2 unspecified atom stereocenters. The first kappa shape index (κ1) is 11.5. The normalized spacial score (nSPS) is 19.8. The van der Waals surface area contributed by atoms with Crippen molar-refractivity contribution in [2.24, 2.45) is 0 Å².